The second-order valence-corrected chi connectivity index (χ2v) is 5.21. The van der Waals surface area contributed by atoms with Gasteiger partial charge in [0.15, 0.2) is 5.82 Å². The smallest absolute Gasteiger partial charge is 0.184 e. The summed E-state index contributed by atoms with van der Waals surface area (Å²) in [6.45, 7) is 0. The number of nitrogens with one attached hydrogen (secondary N) is 1. The van der Waals surface area contributed by atoms with E-state index in [1.54, 1.807) is 19.2 Å². The lowest BCUT2D eigenvalue weighted by atomic mass is 10.1. The molecule has 0 bridgehead atoms. The van der Waals surface area contributed by atoms with Gasteiger partial charge in [0.05, 0.1) is 18.7 Å². The number of rotatable bonds is 4. The van der Waals surface area contributed by atoms with Gasteiger partial charge in [-0.2, -0.15) is 5.10 Å². The van der Waals surface area contributed by atoms with Crippen molar-refractivity contribution in [2.45, 2.75) is 6.04 Å². The fourth-order valence-corrected chi connectivity index (χ4v) is 2.32. The number of hydrogen-bond donors (Lipinski definition) is 2. The van der Waals surface area contributed by atoms with Gasteiger partial charge in [-0.1, -0.05) is 35.9 Å². The molecule has 2 aromatic carbocycles. The molecule has 5 nitrogen and oxygen atoms in total. The first-order chi connectivity index (χ1) is 10.7. The first-order valence-corrected chi connectivity index (χ1v) is 7.13. The zero-order valence-electron chi connectivity index (χ0n) is 12.0. The molecule has 0 saturated carbocycles. The molecule has 1 atom stereocenters. The third-order valence-corrected chi connectivity index (χ3v) is 3.63. The van der Waals surface area contributed by atoms with E-state index in [2.05, 4.69) is 15.2 Å². The van der Waals surface area contributed by atoms with Gasteiger partial charge in [-0.15, -0.1) is 0 Å². The maximum absolute atomic E-state index is 6.22. The highest BCUT2D eigenvalue weighted by Gasteiger charge is 2.16. The zero-order chi connectivity index (χ0) is 15.5. The molecule has 1 heterocycles. The lowest BCUT2D eigenvalue weighted by Crippen LogP contribution is -2.13. The van der Waals surface area contributed by atoms with E-state index >= 15 is 0 Å². The van der Waals surface area contributed by atoms with Gasteiger partial charge in [0.25, 0.3) is 0 Å². The van der Waals surface area contributed by atoms with Gasteiger partial charge in [-0.05, 0) is 29.8 Å². The molecule has 3 rings (SSSR count). The minimum absolute atomic E-state index is 0.395. The molecule has 0 aliphatic rings. The Morgan fingerprint density at radius 1 is 1.14 bits per heavy atom. The van der Waals surface area contributed by atoms with Crippen molar-refractivity contribution >= 4 is 11.6 Å². The fourth-order valence-electron chi connectivity index (χ4n) is 2.19. The Bertz CT molecular complexity index is 770. The van der Waals surface area contributed by atoms with E-state index in [9.17, 15) is 0 Å². The molecule has 0 radical (unpaired) electrons. The third-order valence-electron chi connectivity index (χ3n) is 3.37. The monoisotopic (exact) mass is 314 g/mol. The fraction of sp³-hybridized carbons (Fsp3) is 0.125. The van der Waals surface area contributed by atoms with Crippen LogP contribution < -0.4 is 10.5 Å². The van der Waals surface area contributed by atoms with Crippen LogP contribution in [0.1, 0.15) is 17.4 Å². The van der Waals surface area contributed by atoms with Gasteiger partial charge in [-0.3, -0.25) is 5.10 Å². The SMILES string of the molecule is COc1ccccc1-c1n[nH]c(C(N)c2ccc(Cl)cc2)n1. The summed E-state index contributed by atoms with van der Waals surface area (Å²) in [6, 6.07) is 14.5. The van der Waals surface area contributed by atoms with Crippen molar-refractivity contribution < 1.29 is 4.74 Å². The molecule has 0 saturated heterocycles. The zero-order valence-corrected chi connectivity index (χ0v) is 12.7. The Balaban J connectivity index is 1.92. The van der Waals surface area contributed by atoms with Crippen LogP contribution in [0.2, 0.25) is 5.02 Å². The van der Waals surface area contributed by atoms with Crippen LogP contribution in [-0.2, 0) is 0 Å². The van der Waals surface area contributed by atoms with Crippen molar-refractivity contribution in [2.75, 3.05) is 7.11 Å². The highest BCUT2D eigenvalue weighted by molar-refractivity contribution is 6.30. The third kappa shape index (κ3) is 2.81. The van der Waals surface area contributed by atoms with Crippen LogP contribution in [0, 0.1) is 0 Å². The molecule has 3 N–H and O–H groups in total. The number of nitrogens with two attached hydrogens (primary N) is 1. The van der Waals surface area contributed by atoms with Crippen molar-refractivity contribution in [3.63, 3.8) is 0 Å². The van der Waals surface area contributed by atoms with Crippen LogP contribution in [0.4, 0.5) is 0 Å². The number of benzene rings is 2. The second-order valence-electron chi connectivity index (χ2n) is 4.77. The average molecular weight is 315 g/mol. The molecule has 112 valence electrons. The molecule has 0 aliphatic heterocycles. The van der Waals surface area contributed by atoms with Gasteiger partial charge in [-0.25, -0.2) is 4.98 Å². The van der Waals surface area contributed by atoms with Crippen LogP contribution in [0.5, 0.6) is 5.75 Å². The predicted octanol–water partition coefficient (Wildman–Crippen LogP) is 3.18. The minimum Gasteiger partial charge on any atom is -0.496 e. The van der Waals surface area contributed by atoms with Crippen LogP contribution in [0.3, 0.4) is 0 Å². The van der Waals surface area contributed by atoms with Crippen LogP contribution in [0.15, 0.2) is 48.5 Å². The molecular formula is C16H15ClN4O. The average Bonchev–Trinajstić information content (AvgIpc) is 3.04. The van der Waals surface area contributed by atoms with Gasteiger partial charge in [0.2, 0.25) is 0 Å². The van der Waals surface area contributed by atoms with Crippen LogP contribution in [-0.4, -0.2) is 22.3 Å². The predicted molar refractivity (Wildman–Crippen MR) is 85.9 cm³/mol. The van der Waals surface area contributed by atoms with Crippen molar-refractivity contribution in [2.24, 2.45) is 5.73 Å². The summed E-state index contributed by atoms with van der Waals surface area (Å²) in [7, 11) is 1.62. The molecule has 1 aromatic heterocycles. The number of nitrogens with zero attached hydrogens (tertiary/aromatic N) is 2. The molecule has 1 unspecified atom stereocenters. The largest absolute Gasteiger partial charge is 0.496 e. The summed E-state index contributed by atoms with van der Waals surface area (Å²) in [5, 5.41) is 7.80. The Morgan fingerprint density at radius 3 is 2.59 bits per heavy atom. The first-order valence-electron chi connectivity index (χ1n) is 6.76. The van der Waals surface area contributed by atoms with E-state index in [0.29, 0.717) is 22.4 Å². The van der Waals surface area contributed by atoms with Gasteiger partial charge < -0.3 is 10.5 Å². The normalized spacial score (nSPS) is 12.1. The Hall–Kier alpha value is -2.37. The summed E-state index contributed by atoms with van der Waals surface area (Å²) < 4.78 is 5.33. The highest BCUT2D eigenvalue weighted by atomic mass is 35.5. The lowest BCUT2D eigenvalue weighted by Gasteiger charge is -2.08. The summed E-state index contributed by atoms with van der Waals surface area (Å²) >= 11 is 5.89. The molecule has 0 spiro atoms. The van der Waals surface area contributed by atoms with E-state index in [0.717, 1.165) is 11.1 Å². The van der Waals surface area contributed by atoms with Gasteiger partial charge in [0, 0.05) is 5.02 Å². The maximum atomic E-state index is 6.22. The number of ether oxygens (including phenoxy) is 1. The Kier molecular flexibility index (Phi) is 4.09. The Morgan fingerprint density at radius 2 is 1.86 bits per heavy atom. The standard InChI is InChI=1S/C16H15ClN4O/c1-22-13-5-3-2-4-12(13)15-19-16(21-20-15)14(18)10-6-8-11(17)9-7-10/h2-9,14H,18H2,1H3,(H,19,20,21). The van der Waals surface area contributed by atoms with E-state index in [1.807, 2.05) is 36.4 Å². The van der Waals surface area contributed by atoms with E-state index in [4.69, 9.17) is 22.1 Å². The number of aromatic amines is 1. The van der Waals surface area contributed by atoms with E-state index < -0.39 is 6.04 Å². The number of aromatic nitrogens is 3. The summed E-state index contributed by atoms with van der Waals surface area (Å²) in [5.41, 5.74) is 7.95. The van der Waals surface area contributed by atoms with Crippen molar-refractivity contribution in [3.8, 4) is 17.1 Å². The van der Waals surface area contributed by atoms with Crippen molar-refractivity contribution in [3.05, 3.63) is 64.9 Å². The molecule has 0 amide bonds. The first kappa shape index (κ1) is 14.6. The summed E-state index contributed by atoms with van der Waals surface area (Å²) in [5.74, 6) is 1.85. The molecule has 3 aromatic rings. The molecule has 22 heavy (non-hydrogen) atoms. The van der Waals surface area contributed by atoms with Crippen molar-refractivity contribution in [1.82, 2.24) is 15.2 Å². The number of para-hydroxylation sites is 1. The minimum atomic E-state index is -0.395. The van der Waals surface area contributed by atoms with Gasteiger partial charge in [0.1, 0.15) is 11.6 Å². The molecule has 6 heteroatoms. The highest BCUT2D eigenvalue weighted by Crippen LogP contribution is 2.28. The lowest BCUT2D eigenvalue weighted by molar-refractivity contribution is 0.416. The van der Waals surface area contributed by atoms with Crippen LogP contribution in [0.25, 0.3) is 11.4 Å². The maximum Gasteiger partial charge on any atom is 0.184 e. The molecular weight excluding hydrogens is 300 g/mol. The van der Waals surface area contributed by atoms with Crippen molar-refractivity contribution in [1.29, 1.82) is 0 Å². The van der Waals surface area contributed by atoms with E-state index in [-0.39, 0.29) is 0 Å². The molecule has 0 aliphatic carbocycles. The van der Waals surface area contributed by atoms with Gasteiger partial charge >= 0.3 is 0 Å². The second kappa shape index (κ2) is 6.17. The number of hydrogen-bond acceptors (Lipinski definition) is 4. The molecule has 0 fully saturated rings. The number of methoxy groups -OCH3 is 1. The summed E-state index contributed by atoms with van der Waals surface area (Å²) in [4.78, 5) is 4.48. The Labute approximate surface area is 133 Å². The van der Waals surface area contributed by atoms with Crippen LogP contribution >= 0.6 is 11.6 Å². The number of halogens is 1. The summed E-state index contributed by atoms with van der Waals surface area (Å²) in [6.07, 6.45) is 0. The topological polar surface area (TPSA) is 76.8 Å². The number of H-pyrrole nitrogens is 1. The van der Waals surface area contributed by atoms with E-state index in [1.165, 1.54) is 0 Å². The quantitative estimate of drug-likeness (QED) is 0.775.